The average Bonchev–Trinajstić information content (AvgIpc) is 3.23. The quantitative estimate of drug-likeness (QED) is 0.846. The van der Waals surface area contributed by atoms with Crippen LogP contribution in [-0.2, 0) is 16.8 Å². The lowest BCUT2D eigenvalue weighted by Gasteiger charge is -2.34. The molecule has 3 heterocycles. The van der Waals surface area contributed by atoms with Gasteiger partial charge in [-0.15, -0.1) is 11.3 Å². The molecule has 24 heavy (non-hydrogen) atoms. The first-order chi connectivity index (χ1) is 11.4. The van der Waals surface area contributed by atoms with Crippen molar-refractivity contribution in [2.45, 2.75) is 64.5 Å². The maximum atomic E-state index is 12.7. The molecule has 0 bridgehead atoms. The molecule has 5 nitrogen and oxygen atoms in total. The summed E-state index contributed by atoms with van der Waals surface area (Å²) >= 11 is 1.70. The van der Waals surface area contributed by atoms with Crippen molar-refractivity contribution >= 4 is 17.2 Å². The van der Waals surface area contributed by atoms with Crippen molar-refractivity contribution in [3.63, 3.8) is 0 Å². The number of hydrogen-bond acceptors (Lipinski definition) is 4. The zero-order valence-electron chi connectivity index (χ0n) is 14.7. The molecule has 0 N–H and O–H groups in total. The van der Waals surface area contributed by atoms with Crippen LogP contribution in [0.4, 0.5) is 0 Å². The fraction of sp³-hybridized carbons (Fsp3) is 0.611. The number of aromatic nitrogens is 3. The van der Waals surface area contributed by atoms with Crippen LogP contribution in [-0.4, -0.2) is 31.9 Å². The number of carbonyl (C=O) groups is 1. The molecule has 1 aliphatic heterocycles. The van der Waals surface area contributed by atoms with Gasteiger partial charge >= 0.3 is 0 Å². The van der Waals surface area contributed by atoms with Gasteiger partial charge in [-0.25, -0.2) is 9.97 Å². The van der Waals surface area contributed by atoms with Crippen LogP contribution < -0.4 is 0 Å². The number of nitrogens with zero attached hydrogens (tertiary/aromatic N) is 4. The molecule has 1 atom stereocenters. The van der Waals surface area contributed by atoms with E-state index in [1.807, 2.05) is 15.7 Å². The number of hydrogen-bond donors (Lipinski definition) is 0. The highest BCUT2D eigenvalue weighted by molar-refractivity contribution is 7.09. The third kappa shape index (κ3) is 3.86. The Kier molecular flexibility index (Phi) is 5.04. The molecule has 0 aromatic carbocycles. The van der Waals surface area contributed by atoms with Crippen LogP contribution in [0.2, 0.25) is 0 Å². The molecule has 2 aromatic heterocycles. The van der Waals surface area contributed by atoms with Crippen LogP contribution in [0.25, 0.3) is 0 Å². The molecular formula is C18H26N4OS. The summed E-state index contributed by atoms with van der Waals surface area (Å²) < 4.78 is 1.96. The molecule has 1 aliphatic rings. The predicted molar refractivity (Wildman–Crippen MR) is 96.0 cm³/mol. The summed E-state index contributed by atoms with van der Waals surface area (Å²) in [4.78, 5) is 23.7. The van der Waals surface area contributed by atoms with Gasteiger partial charge in [-0.05, 0) is 19.3 Å². The van der Waals surface area contributed by atoms with Crippen LogP contribution in [0.15, 0.2) is 24.1 Å². The first-order valence-corrected chi connectivity index (χ1v) is 9.54. The number of carbonyl (C=O) groups excluding carboxylic acids is 1. The minimum absolute atomic E-state index is 0.0552. The molecule has 1 amide bonds. The normalized spacial score (nSPS) is 18.8. The Hall–Kier alpha value is -1.69. The fourth-order valence-corrected chi connectivity index (χ4v) is 4.25. The van der Waals surface area contributed by atoms with E-state index in [9.17, 15) is 4.79 Å². The molecule has 6 heteroatoms. The minimum Gasteiger partial charge on any atom is -0.337 e. The molecule has 2 aromatic rings. The topological polar surface area (TPSA) is 51.0 Å². The van der Waals surface area contributed by atoms with Crippen LogP contribution in [0.3, 0.4) is 0 Å². The summed E-state index contributed by atoms with van der Waals surface area (Å²) in [6.07, 6.45) is 9.20. The molecule has 0 radical (unpaired) electrons. The van der Waals surface area contributed by atoms with Crippen LogP contribution >= 0.6 is 11.3 Å². The van der Waals surface area contributed by atoms with Gasteiger partial charge in [0.15, 0.2) is 0 Å². The highest BCUT2D eigenvalue weighted by Gasteiger charge is 2.30. The summed E-state index contributed by atoms with van der Waals surface area (Å²) in [6.45, 7) is 8.08. The molecular weight excluding hydrogens is 320 g/mol. The predicted octanol–water partition coefficient (Wildman–Crippen LogP) is 3.78. The van der Waals surface area contributed by atoms with Crippen LogP contribution in [0, 0.1) is 0 Å². The Bertz CT molecular complexity index is 672. The van der Waals surface area contributed by atoms with Crippen molar-refractivity contribution in [1.82, 2.24) is 19.4 Å². The minimum atomic E-state index is 0.0552. The molecule has 0 unspecified atom stereocenters. The van der Waals surface area contributed by atoms with Gasteiger partial charge in [0, 0.05) is 42.7 Å². The van der Waals surface area contributed by atoms with Gasteiger partial charge in [0.25, 0.3) is 0 Å². The Balaban J connectivity index is 1.70. The van der Waals surface area contributed by atoms with E-state index in [4.69, 9.17) is 4.98 Å². The lowest BCUT2D eigenvalue weighted by molar-refractivity contribution is -0.135. The zero-order chi connectivity index (χ0) is 17.2. The Labute approximate surface area is 147 Å². The lowest BCUT2D eigenvalue weighted by Crippen LogP contribution is -2.38. The summed E-state index contributed by atoms with van der Waals surface area (Å²) in [5.74, 6) is 0.223. The van der Waals surface area contributed by atoms with Gasteiger partial charge in [0.2, 0.25) is 5.91 Å². The highest BCUT2D eigenvalue weighted by atomic mass is 32.1. The number of aryl methyl sites for hydroxylation is 1. The number of rotatable bonds is 4. The second-order valence-electron chi connectivity index (χ2n) is 7.47. The summed E-state index contributed by atoms with van der Waals surface area (Å²) in [6, 6.07) is 0.148. The van der Waals surface area contributed by atoms with Gasteiger partial charge in [-0.3, -0.25) is 4.79 Å². The van der Waals surface area contributed by atoms with E-state index >= 15 is 0 Å². The SMILES string of the molecule is CC(C)(C)c1csc([C@H]2CCCCN2C(=O)CCn2ccnc2)n1. The first-order valence-electron chi connectivity index (χ1n) is 8.66. The van der Waals surface area contributed by atoms with Gasteiger partial charge in [0.05, 0.1) is 18.1 Å². The number of thiazole rings is 1. The van der Waals surface area contributed by atoms with E-state index in [1.54, 1.807) is 23.9 Å². The summed E-state index contributed by atoms with van der Waals surface area (Å²) in [5.41, 5.74) is 1.18. The van der Waals surface area contributed by atoms with Crippen molar-refractivity contribution in [3.8, 4) is 0 Å². The maximum Gasteiger partial charge on any atom is 0.224 e. The van der Waals surface area contributed by atoms with Crippen LogP contribution in [0.5, 0.6) is 0 Å². The van der Waals surface area contributed by atoms with Crippen LogP contribution in [0.1, 0.15) is 63.2 Å². The lowest BCUT2D eigenvalue weighted by atomic mass is 9.93. The summed E-state index contributed by atoms with van der Waals surface area (Å²) in [7, 11) is 0. The molecule has 0 aliphatic carbocycles. The Morgan fingerprint density at radius 1 is 1.38 bits per heavy atom. The van der Waals surface area contributed by atoms with Crippen molar-refractivity contribution in [1.29, 1.82) is 0 Å². The number of likely N-dealkylation sites (tertiary alicyclic amines) is 1. The monoisotopic (exact) mass is 346 g/mol. The molecule has 1 fully saturated rings. The van der Waals surface area contributed by atoms with E-state index in [0.29, 0.717) is 13.0 Å². The summed E-state index contributed by atoms with van der Waals surface area (Å²) in [5, 5.41) is 3.24. The number of amides is 1. The number of imidazole rings is 1. The molecule has 1 saturated heterocycles. The van der Waals surface area contributed by atoms with E-state index in [2.05, 4.69) is 31.1 Å². The Morgan fingerprint density at radius 2 is 2.21 bits per heavy atom. The fourth-order valence-electron chi connectivity index (χ4n) is 3.06. The van der Waals surface area contributed by atoms with Crippen molar-refractivity contribution in [2.75, 3.05) is 6.54 Å². The van der Waals surface area contributed by atoms with Crippen molar-refractivity contribution in [2.24, 2.45) is 0 Å². The average molecular weight is 346 g/mol. The highest BCUT2D eigenvalue weighted by Crippen LogP contribution is 2.35. The third-order valence-electron chi connectivity index (χ3n) is 4.54. The maximum absolute atomic E-state index is 12.7. The second kappa shape index (κ2) is 7.05. The van der Waals surface area contributed by atoms with E-state index < -0.39 is 0 Å². The molecule has 3 rings (SSSR count). The molecule has 0 spiro atoms. The van der Waals surface area contributed by atoms with Gasteiger partial charge in [0.1, 0.15) is 5.01 Å². The smallest absolute Gasteiger partial charge is 0.224 e. The van der Waals surface area contributed by atoms with Gasteiger partial charge in [-0.1, -0.05) is 20.8 Å². The largest absolute Gasteiger partial charge is 0.337 e. The van der Waals surface area contributed by atoms with Gasteiger partial charge in [-0.2, -0.15) is 0 Å². The zero-order valence-corrected chi connectivity index (χ0v) is 15.6. The first kappa shape index (κ1) is 17.1. The van der Waals surface area contributed by atoms with Crippen molar-refractivity contribution in [3.05, 3.63) is 34.8 Å². The van der Waals surface area contributed by atoms with E-state index in [1.165, 1.54) is 6.42 Å². The molecule has 130 valence electrons. The third-order valence-corrected chi connectivity index (χ3v) is 5.49. The standard InChI is InChI=1S/C18H26N4OS/c1-18(2,3)15-12-24-17(20-15)14-6-4-5-9-22(14)16(23)7-10-21-11-8-19-13-21/h8,11-14H,4-7,9-10H2,1-3H3/t14-/m1/s1. The second-order valence-corrected chi connectivity index (χ2v) is 8.36. The van der Waals surface area contributed by atoms with Crippen molar-refractivity contribution < 1.29 is 4.79 Å². The molecule has 0 saturated carbocycles. The van der Waals surface area contributed by atoms with E-state index in [0.717, 1.165) is 30.1 Å². The number of piperidine rings is 1. The Morgan fingerprint density at radius 3 is 2.88 bits per heavy atom. The van der Waals surface area contributed by atoms with E-state index in [-0.39, 0.29) is 17.4 Å². The van der Waals surface area contributed by atoms with Gasteiger partial charge < -0.3 is 9.47 Å².